The Morgan fingerprint density at radius 2 is 1.50 bits per heavy atom. The number of piperazine rings is 1. The lowest BCUT2D eigenvalue weighted by atomic mass is 9.79. The average Bonchev–Trinajstić information content (AvgIpc) is 3.17. The summed E-state index contributed by atoms with van der Waals surface area (Å²) in [5.41, 5.74) is 6.34. The SMILES string of the molecule is COc1ccc(-c2[nH]c3ccc(N4CCN(C5CC(C)(C)NC(C)(C)C5)CC4)cc3c2C)cc1OC. The van der Waals surface area contributed by atoms with Crippen molar-refractivity contribution in [1.82, 2.24) is 15.2 Å². The fourth-order valence-corrected chi connectivity index (χ4v) is 6.66. The second-order valence-electron chi connectivity index (χ2n) is 11.9. The van der Waals surface area contributed by atoms with Gasteiger partial charge in [0.05, 0.1) is 14.2 Å². The number of aryl methyl sites for hydroxylation is 1. The van der Waals surface area contributed by atoms with Crippen molar-refractivity contribution in [1.29, 1.82) is 0 Å². The zero-order chi connectivity index (χ0) is 25.7. The van der Waals surface area contributed by atoms with Crippen LogP contribution in [0.4, 0.5) is 5.69 Å². The molecule has 0 unspecified atom stereocenters. The van der Waals surface area contributed by atoms with Crippen molar-refractivity contribution in [3.8, 4) is 22.8 Å². The van der Waals surface area contributed by atoms with E-state index in [4.69, 9.17) is 9.47 Å². The van der Waals surface area contributed by atoms with E-state index in [1.165, 1.54) is 35.0 Å². The number of fused-ring (bicyclic) bond motifs is 1. The minimum atomic E-state index is 0.187. The first kappa shape index (κ1) is 25.0. The fourth-order valence-electron chi connectivity index (χ4n) is 6.66. The maximum atomic E-state index is 5.53. The minimum absolute atomic E-state index is 0.187. The Morgan fingerprint density at radius 1 is 0.833 bits per heavy atom. The molecule has 2 aromatic carbocycles. The van der Waals surface area contributed by atoms with Gasteiger partial charge < -0.3 is 24.7 Å². The monoisotopic (exact) mass is 490 g/mol. The van der Waals surface area contributed by atoms with Gasteiger partial charge in [0.15, 0.2) is 11.5 Å². The molecule has 6 nitrogen and oxygen atoms in total. The number of hydrogen-bond donors (Lipinski definition) is 2. The van der Waals surface area contributed by atoms with Gasteiger partial charge in [-0.3, -0.25) is 4.90 Å². The van der Waals surface area contributed by atoms with E-state index in [2.05, 4.69) is 79.0 Å². The Morgan fingerprint density at radius 3 is 2.14 bits per heavy atom. The third-order valence-electron chi connectivity index (χ3n) is 8.08. The van der Waals surface area contributed by atoms with E-state index >= 15 is 0 Å². The van der Waals surface area contributed by atoms with Crippen LogP contribution < -0.4 is 19.7 Å². The van der Waals surface area contributed by atoms with Crippen LogP contribution in [0.5, 0.6) is 11.5 Å². The highest BCUT2D eigenvalue weighted by molar-refractivity contribution is 5.93. The number of benzene rings is 2. The molecule has 2 fully saturated rings. The third-order valence-corrected chi connectivity index (χ3v) is 8.08. The molecule has 0 bridgehead atoms. The summed E-state index contributed by atoms with van der Waals surface area (Å²) < 4.78 is 11.0. The summed E-state index contributed by atoms with van der Waals surface area (Å²) in [6.45, 7) is 16.0. The highest BCUT2D eigenvalue weighted by Gasteiger charge is 2.40. The molecular weight excluding hydrogens is 448 g/mol. The largest absolute Gasteiger partial charge is 0.493 e. The van der Waals surface area contributed by atoms with Crippen LogP contribution in [-0.4, -0.2) is 67.4 Å². The van der Waals surface area contributed by atoms with Crippen LogP contribution in [-0.2, 0) is 0 Å². The van der Waals surface area contributed by atoms with Crippen molar-refractivity contribution in [2.45, 2.75) is 64.6 Å². The number of rotatable bonds is 5. The van der Waals surface area contributed by atoms with Crippen molar-refractivity contribution in [3.05, 3.63) is 42.0 Å². The lowest BCUT2D eigenvalue weighted by molar-refractivity contribution is 0.0627. The smallest absolute Gasteiger partial charge is 0.161 e. The number of piperidine rings is 1. The van der Waals surface area contributed by atoms with Gasteiger partial charge in [-0.15, -0.1) is 0 Å². The van der Waals surface area contributed by atoms with E-state index in [1.54, 1.807) is 14.2 Å². The van der Waals surface area contributed by atoms with E-state index in [-0.39, 0.29) is 11.1 Å². The number of anilines is 1. The molecule has 2 aliphatic heterocycles. The zero-order valence-electron chi connectivity index (χ0n) is 23.0. The summed E-state index contributed by atoms with van der Waals surface area (Å²) in [5.74, 6) is 1.49. The number of ether oxygens (including phenoxy) is 2. The molecular formula is C30H42N4O2. The summed E-state index contributed by atoms with van der Waals surface area (Å²) in [6, 6.07) is 13.6. The molecule has 194 valence electrons. The topological polar surface area (TPSA) is 52.8 Å². The van der Waals surface area contributed by atoms with E-state index < -0.39 is 0 Å². The molecule has 5 rings (SSSR count). The molecule has 0 aliphatic carbocycles. The lowest BCUT2D eigenvalue weighted by Gasteiger charge is -2.51. The predicted molar refractivity (Wildman–Crippen MR) is 150 cm³/mol. The number of nitrogens with one attached hydrogen (secondary N) is 2. The Labute approximate surface area is 216 Å². The lowest BCUT2D eigenvalue weighted by Crippen LogP contribution is -2.63. The molecule has 0 saturated carbocycles. The van der Waals surface area contributed by atoms with Crippen molar-refractivity contribution >= 4 is 16.6 Å². The number of aromatic amines is 1. The van der Waals surface area contributed by atoms with Crippen LogP contribution in [0.15, 0.2) is 36.4 Å². The number of hydrogen-bond acceptors (Lipinski definition) is 5. The van der Waals surface area contributed by atoms with Crippen LogP contribution in [0.2, 0.25) is 0 Å². The van der Waals surface area contributed by atoms with Crippen LogP contribution >= 0.6 is 0 Å². The molecule has 3 heterocycles. The molecule has 0 amide bonds. The molecule has 2 N–H and O–H groups in total. The van der Waals surface area contributed by atoms with Gasteiger partial charge in [-0.2, -0.15) is 0 Å². The summed E-state index contributed by atoms with van der Waals surface area (Å²) >= 11 is 0. The Kier molecular flexibility index (Phi) is 6.46. The molecule has 0 atom stereocenters. The van der Waals surface area contributed by atoms with Crippen LogP contribution in [0.1, 0.15) is 46.1 Å². The van der Waals surface area contributed by atoms with Gasteiger partial charge in [-0.05, 0) is 89.4 Å². The maximum absolute atomic E-state index is 5.53. The fraction of sp³-hybridized carbons (Fsp3) is 0.533. The highest BCUT2D eigenvalue weighted by atomic mass is 16.5. The average molecular weight is 491 g/mol. The summed E-state index contributed by atoms with van der Waals surface area (Å²) in [7, 11) is 3.35. The van der Waals surface area contributed by atoms with Gasteiger partial charge in [-0.25, -0.2) is 0 Å². The first-order chi connectivity index (χ1) is 17.1. The third kappa shape index (κ3) is 4.81. The summed E-state index contributed by atoms with van der Waals surface area (Å²) in [5, 5.41) is 5.11. The maximum Gasteiger partial charge on any atom is 0.161 e. The molecule has 0 radical (unpaired) electrons. The summed E-state index contributed by atoms with van der Waals surface area (Å²) in [4.78, 5) is 8.92. The zero-order valence-corrected chi connectivity index (χ0v) is 23.0. The molecule has 2 aliphatic rings. The quantitative estimate of drug-likeness (QED) is 0.488. The van der Waals surface area contributed by atoms with E-state index in [9.17, 15) is 0 Å². The van der Waals surface area contributed by atoms with Crippen molar-refractivity contribution < 1.29 is 9.47 Å². The number of nitrogens with zero attached hydrogens (tertiary/aromatic N) is 2. The van der Waals surface area contributed by atoms with Gasteiger partial charge in [-0.1, -0.05) is 0 Å². The molecule has 2 saturated heterocycles. The molecule has 1 aromatic heterocycles. The van der Waals surface area contributed by atoms with Crippen molar-refractivity contribution in [3.63, 3.8) is 0 Å². The predicted octanol–water partition coefficient (Wildman–Crippen LogP) is 5.59. The van der Waals surface area contributed by atoms with Gasteiger partial charge in [0.2, 0.25) is 0 Å². The first-order valence-electron chi connectivity index (χ1n) is 13.2. The first-order valence-corrected chi connectivity index (χ1v) is 13.2. The van der Waals surface area contributed by atoms with Gasteiger partial charge in [0.1, 0.15) is 0 Å². The van der Waals surface area contributed by atoms with Gasteiger partial charge in [0.25, 0.3) is 0 Å². The highest BCUT2D eigenvalue weighted by Crippen LogP contribution is 2.37. The van der Waals surface area contributed by atoms with Crippen molar-refractivity contribution in [2.75, 3.05) is 45.3 Å². The Bertz CT molecular complexity index is 1220. The Balaban J connectivity index is 1.33. The number of H-pyrrole nitrogens is 1. The Hall–Kier alpha value is -2.70. The molecule has 0 spiro atoms. The summed E-state index contributed by atoms with van der Waals surface area (Å²) in [6.07, 6.45) is 2.42. The van der Waals surface area contributed by atoms with E-state index in [0.717, 1.165) is 48.9 Å². The molecule has 3 aromatic rings. The van der Waals surface area contributed by atoms with E-state index in [1.807, 2.05) is 12.1 Å². The number of aromatic nitrogens is 1. The van der Waals surface area contributed by atoms with Crippen LogP contribution in [0.25, 0.3) is 22.2 Å². The van der Waals surface area contributed by atoms with Crippen molar-refractivity contribution in [2.24, 2.45) is 0 Å². The normalized spacial score (nSPS) is 20.6. The van der Waals surface area contributed by atoms with Crippen LogP contribution in [0.3, 0.4) is 0 Å². The standard InChI is InChI=1S/C30H42N4O2/c1-20-24-17-22(9-10-25(24)31-28(20)21-8-11-26(35-6)27(16-21)36-7)33-12-14-34(15-13-33)23-18-29(2,3)32-30(4,5)19-23/h8-11,16-17,23,31-32H,12-15,18-19H2,1-7H3. The molecule has 6 heteroatoms. The van der Waals surface area contributed by atoms with Gasteiger partial charge >= 0.3 is 0 Å². The minimum Gasteiger partial charge on any atom is -0.493 e. The molecule has 36 heavy (non-hydrogen) atoms. The van der Waals surface area contributed by atoms with Gasteiger partial charge in [0, 0.05) is 71.1 Å². The number of methoxy groups -OCH3 is 2. The second kappa shape index (κ2) is 9.31. The second-order valence-corrected chi connectivity index (χ2v) is 11.9. The van der Waals surface area contributed by atoms with Crippen LogP contribution in [0, 0.1) is 6.92 Å². The van der Waals surface area contributed by atoms with E-state index in [0.29, 0.717) is 6.04 Å².